The number of amides is 2. The van der Waals surface area contributed by atoms with Crippen LogP contribution in [0.4, 0.5) is 15.8 Å². The van der Waals surface area contributed by atoms with Crippen molar-refractivity contribution in [2.24, 2.45) is 0 Å². The van der Waals surface area contributed by atoms with E-state index in [1.807, 2.05) is 37.3 Å². The number of fused-ring (bicyclic) bond motifs is 1. The van der Waals surface area contributed by atoms with Crippen molar-refractivity contribution in [3.63, 3.8) is 0 Å². The molecule has 0 aliphatic rings. The van der Waals surface area contributed by atoms with Crippen LogP contribution >= 0.6 is 23.1 Å². The molecule has 3 aromatic carbocycles. The summed E-state index contributed by atoms with van der Waals surface area (Å²) in [6, 6.07) is 18.9. The van der Waals surface area contributed by atoms with Crippen molar-refractivity contribution < 1.29 is 18.7 Å². The fourth-order valence-corrected chi connectivity index (χ4v) is 4.81. The van der Waals surface area contributed by atoms with Gasteiger partial charge >= 0.3 is 0 Å². The number of carbonyl (C=O) groups excluding carboxylic acids is 2. The van der Waals surface area contributed by atoms with Crippen LogP contribution in [0.3, 0.4) is 0 Å². The van der Waals surface area contributed by atoms with Crippen LogP contribution in [0.1, 0.15) is 5.56 Å². The number of hydrogen-bond donors (Lipinski definition) is 2. The molecule has 2 N–H and O–H groups in total. The fraction of sp³-hybridized carbons (Fsp3) is 0.125. The van der Waals surface area contributed by atoms with Crippen molar-refractivity contribution >= 4 is 56.5 Å². The number of aryl methyl sites for hydroxylation is 1. The molecule has 6 nitrogen and oxygen atoms in total. The molecule has 0 radical (unpaired) electrons. The van der Waals surface area contributed by atoms with Gasteiger partial charge in [0, 0.05) is 11.4 Å². The number of nitrogens with zero attached hydrogens (tertiary/aromatic N) is 1. The molecule has 9 heteroatoms. The average molecular weight is 482 g/mol. The lowest BCUT2D eigenvalue weighted by Gasteiger charge is -2.08. The highest BCUT2D eigenvalue weighted by molar-refractivity contribution is 8.01. The molecule has 0 fully saturated rings. The van der Waals surface area contributed by atoms with Crippen molar-refractivity contribution in [1.29, 1.82) is 0 Å². The first kappa shape index (κ1) is 22.8. The highest BCUT2D eigenvalue weighted by Crippen LogP contribution is 2.31. The molecule has 4 aromatic rings. The molecule has 168 valence electrons. The highest BCUT2D eigenvalue weighted by atomic mass is 32.2. The monoisotopic (exact) mass is 481 g/mol. The minimum atomic E-state index is -0.519. The Balaban J connectivity index is 1.31. The molecule has 0 atom stereocenters. The van der Waals surface area contributed by atoms with Gasteiger partial charge in [0.15, 0.2) is 22.5 Å². The Bertz CT molecular complexity index is 1290. The minimum Gasteiger partial charge on any atom is -0.481 e. The van der Waals surface area contributed by atoms with E-state index in [0.717, 1.165) is 25.8 Å². The average Bonchev–Trinajstić information content (AvgIpc) is 3.21. The van der Waals surface area contributed by atoms with Crippen LogP contribution in [0.5, 0.6) is 5.75 Å². The molecule has 1 heterocycles. The van der Waals surface area contributed by atoms with E-state index in [1.165, 1.54) is 35.2 Å². The first-order valence-corrected chi connectivity index (χ1v) is 11.8. The summed E-state index contributed by atoms with van der Waals surface area (Å²) < 4.78 is 20.5. The summed E-state index contributed by atoms with van der Waals surface area (Å²) in [5.41, 5.74) is 3.25. The maximum absolute atomic E-state index is 13.6. The molecule has 0 saturated heterocycles. The Kier molecular flexibility index (Phi) is 7.21. The molecule has 0 spiro atoms. The number of ether oxygens (including phenoxy) is 1. The van der Waals surface area contributed by atoms with Crippen molar-refractivity contribution in [2.75, 3.05) is 23.0 Å². The number of nitrogens with one attached hydrogen (secondary N) is 2. The lowest BCUT2D eigenvalue weighted by Crippen LogP contribution is -2.20. The maximum Gasteiger partial charge on any atom is 0.262 e. The molecule has 4 rings (SSSR count). The number of halogens is 1. The van der Waals surface area contributed by atoms with E-state index in [9.17, 15) is 14.0 Å². The summed E-state index contributed by atoms with van der Waals surface area (Å²) in [5, 5.41) is 5.60. The Morgan fingerprint density at radius 3 is 2.52 bits per heavy atom. The molecule has 0 saturated carbocycles. The van der Waals surface area contributed by atoms with Gasteiger partial charge in [-0.3, -0.25) is 9.59 Å². The standard InChI is InChI=1S/C24H20FN3O3S2/c1-15-6-8-16(9-7-15)26-23(30)14-32-24-28-19-11-10-17(12-21(19)33-24)27-22(29)13-31-20-5-3-2-4-18(20)25/h2-12H,13-14H2,1H3,(H,26,30)(H,27,29). The molecule has 2 amide bonds. The van der Waals surface area contributed by atoms with Gasteiger partial charge in [0.1, 0.15) is 0 Å². The number of benzene rings is 3. The van der Waals surface area contributed by atoms with Crippen LogP contribution in [0, 0.1) is 12.7 Å². The normalized spacial score (nSPS) is 10.7. The van der Waals surface area contributed by atoms with Crippen LogP contribution < -0.4 is 15.4 Å². The summed E-state index contributed by atoms with van der Waals surface area (Å²) in [5.74, 6) is -0.756. The molecule has 33 heavy (non-hydrogen) atoms. The van der Waals surface area contributed by atoms with E-state index < -0.39 is 11.7 Å². The Labute approximate surface area is 198 Å². The van der Waals surface area contributed by atoms with Crippen molar-refractivity contribution in [3.8, 4) is 5.75 Å². The van der Waals surface area contributed by atoms with Gasteiger partial charge in [0.2, 0.25) is 5.91 Å². The van der Waals surface area contributed by atoms with Gasteiger partial charge in [-0.2, -0.15) is 0 Å². The number of thioether (sulfide) groups is 1. The molecule has 0 unspecified atom stereocenters. The number of para-hydroxylation sites is 1. The number of aromatic nitrogens is 1. The van der Waals surface area contributed by atoms with E-state index in [1.54, 1.807) is 24.3 Å². The van der Waals surface area contributed by atoms with Crippen LogP contribution in [0.2, 0.25) is 0 Å². The Hall–Kier alpha value is -3.43. The predicted molar refractivity (Wildman–Crippen MR) is 131 cm³/mol. The maximum atomic E-state index is 13.6. The molecule has 0 bridgehead atoms. The van der Waals surface area contributed by atoms with E-state index >= 15 is 0 Å². The zero-order valence-corrected chi connectivity index (χ0v) is 19.3. The lowest BCUT2D eigenvalue weighted by atomic mass is 10.2. The number of rotatable bonds is 8. The van der Waals surface area contributed by atoms with Gasteiger partial charge in [0.25, 0.3) is 5.91 Å². The number of anilines is 2. The van der Waals surface area contributed by atoms with Crippen LogP contribution in [0.25, 0.3) is 10.2 Å². The SMILES string of the molecule is Cc1ccc(NC(=O)CSc2nc3ccc(NC(=O)COc4ccccc4F)cc3s2)cc1. The second kappa shape index (κ2) is 10.5. The molecular formula is C24H20FN3O3S2. The zero-order chi connectivity index (χ0) is 23.2. The zero-order valence-electron chi connectivity index (χ0n) is 17.6. The molecule has 0 aliphatic carbocycles. The van der Waals surface area contributed by atoms with Crippen molar-refractivity contribution in [2.45, 2.75) is 11.3 Å². The van der Waals surface area contributed by atoms with E-state index in [-0.39, 0.29) is 24.0 Å². The molecule has 1 aromatic heterocycles. The predicted octanol–water partition coefficient (Wildman–Crippen LogP) is 5.49. The quantitative estimate of drug-likeness (QED) is 0.325. The Morgan fingerprint density at radius 1 is 1.00 bits per heavy atom. The van der Waals surface area contributed by atoms with E-state index in [2.05, 4.69) is 15.6 Å². The number of thiazole rings is 1. The first-order chi connectivity index (χ1) is 16.0. The van der Waals surface area contributed by atoms with E-state index in [0.29, 0.717) is 5.69 Å². The van der Waals surface area contributed by atoms with Gasteiger partial charge < -0.3 is 15.4 Å². The van der Waals surface area contributed by atoms with Crippen molar-refractivity contribution in [3.05, 3.63) is 78.1 Å². The Morgan fingerprint density at radius 2 is 1.73 bits per heavy atom. The van der Waals surface area contributed by atoms with Gasteiger partial charge in [-0.05, 0) is 49.4 Å². The van der Waals surface area contributed by atoms with Crippen molar-refractivity contribution in [1.82, 2.24) is 4.98 Å². The minimum absolute atomic E-state index is 0.0265. The fourth-order valence-electron chi connectivity index (χ4n) is 2.91. The smallest absolute Gasteiger partial charge is 0.262 e. The van der Waals surface area contributed by atoms with E-state index in [4.69, 9.17) is 4.74 Å². The summed E-state index contributed by atoms with van der Waals surface area (Å²) in [7, 11) is 0. The number of carbonyl (C=O) groups is 2. The summed E-state index contributed by atoms with van der Waals surface area (Å²) >= 11 is 2.80. The van der Waals surface area contributed by atoms with Gasteiger partial charge in [-0.25, -0.2) is 9.37 Å². The topological polar surface area (TPSA) is 80.3 Å². The molecule has 0 aliphatic heterocycles. The summed E-state index contributed by atoms with van der Waals surface area (Å²) in [6.07, 6.45) is 0. The number of hydrogen-bond acceptors (Lipinski definition) is 6. The van der Waals surface area contributed by atoms with Gasteiger partial charge in [0.05, 0.1) is 16.0 Å². The van der Waals surface area contributed by atoms with Gasteiger partial charge in [-0.1, -0.05) is 41.6 Å². The third-order valence-corrected chi connectivity index (χ3v) is 6.67. The van der Waals surface area contributed by atoms with Crippen LogP contribution in [-0.2, 0) is 9.59 Å². The third kappa shape index (κ3) is 6.30. The second-order valence-corrected chi connectivity index (χ2v) is 9.39. The van der Waals surface area contributed by atoms with Crippen LogP contribution in [0.15, 0.2) is 71.1 Å². The summed E-state index contributed by atoms with van der Waals surface area (Å²) in [4.78, 5) is 28.9. The molecular weight excluding hydrogens is 461 g/mol. The van der Waals surface area contributed by atoms with Crippen LogP contribution in [-0.4, -0.2) is 29.2 Å². The second-order valence-electron chi connectivity index (χ2n) is 7.13. The highest BCUT2D eigenvalue weighted by Gasteiger charge is 2.11. The summed E-state index contributed by atoms with van der Waals surface area (Å²) in [6.45, 7) is 1.68. The largest absolute Gasteiger partial charge is 0.481 e. The first-order valence-electron chi connectivity index (χ1n) is 10.0. The lowest BCUT2D eigenvalue weighted by molar-refractivity contribution is -0.118. The third-order valence-electron chi connectivity index (χ3n) is 4.51. The van der Waals surface area contributed by atoms with Gasteiger partial charge in [-0.15, -0.1) is 11.3 Å².